The lowest BCUT2D eigenvalue weighted by atomic mass is 9.89. The van der Waals surface area contributed by atoms with Crippen molar-refractivity contribution >= 4 is 15.8 Å². The van der Waals surface area contributed by atoms with Gasteiger partial charge in [-0.25, -0.2) is 8.42 Å². The Morgan fingerprint density at radius 1 is 1.24 bits per heavy atom. The molecule has 0 bridgehead atoms. The van der Waals surface area contributed by atoms with Gasteiger partial charge >= 0.3 is 5.97 Å². The highest BCUT2D eigenvalue weighted by molar-refractivity contribution is 7.91. The van der Waals surface area contributed by atoms with E-state index in [0.717, 1.165) is 11.1 Å². The normalized spacial score (nSPS) is 26.9. The van der Waals surface area contributed by atoms with Crippen molar-refractivity contribution in [1.29, 1.82) is 0 Å². The molecule has 1 fully saturated rings. The van der Waals surface area contributed by atoms with Gasteiger partial charge in [-0.1, -0.05) is 29.8 Å². The van der Waals surface area contributed by atoms with Crippen molar-refractivity contribution in [2.75, 3.05) is 11.5 Å². The molecule has 1 saturated heterocycles. The van der Waals surface area contributed by atoms with E-state index in [0.29, 0.717) is 0 Å². The minimum absolute atomic E-state index is 0.0625. The molecule has 1 aromatic rings. The van der Waals surface area contributed by atoms with Gasteiger partial charge in [0.15, 0.2) is 9.84 Å². The third-order valence-corrected chi connectivity index (χ3v) is 4.91. The van der Waals surface area contributed by atoms with Gasteiger partial charge in [0.1, 0.15) is 0 Å². The first-order valence-corrected chi connectivity index (χ1v) is 7.21. The highest BCUT2D eigenvalue weighted by Gasteiger charge is 2.42. The first-order chi connectivity index (χ1) is 7.89. The molecule has 1 aliphatic heterocycles. The van der Waals surface area contributed by atoms with Gasteiger partial charge in [-0.3, -0.25) is 4.79 Å². The zero-order valence-corrected chi connectivity index (χ0v) is 10.3. The van der Waals surface area contributed by atoms with Gasteiger partial charge in [0, 0.05) is 5.92 Å². The van der Waals surface area contributed by atoms with Gasteiger partial charge in [-0.05, 0) is 12.5 Å². The van der Waals surface area contributed by atoms with E-state index in [9.17, 15) is 13.2 Å². The zero-order chi connectivity index (χ0) is 12.6. The third kappa shape index (κ3) is 2.49. The average Bonchev–Trinajstić information content (AvgIpc) is 2.56. The molecule has 5 heteroatoms. The Balaban J connectivity index is 2.36. The number of rotatable bonds is 2. The Labute approximate surface area is 100 Å². The molecule has 0 radical (unpaired) electrons. The molecule has 1 N–H and O–H groups in total. The summed E-state index contributed by atoms with van der Waals surface area (Å²) < 4.78 is 23.1. The maximum atomic E-state index is 11.5. The number of aryl methyl sites for hydroxylation is 1. The van der Waals surface area contributed by atoms with Crippen LogP contribution in [0.2, 0.25) is 0 Å². The SMILES string of the molecule is Cc1ccc(C2CS(=O)(=O)CC2C(=O)O)cc1. The minimum Gasteiger partial charge on any atom is -0.481 e. The molecule has 4 nitrogen and oxygen atoms in total. The van der Waals surface area contributed by atoms with E-state index in [-0.39, 0.29) is 11.5 Å². The molecular weight excluding hydrogens is 240 g/mol. The molecule has 92 valence electrons. The Hall–Kier alpha value is -1.36. The molecule has 2 rings (SSSR count). The Morgan fingerprint density at radius 2 is 1.82 bits per heavy atom. The smallest absolute Gasteiger partial charge is 0.308 e. The first-order valence-electron chi connectivity index (χ1n) is 5.39. The molecule has 1 aromatic carbocycles. The van der Waals surface area contributed by atoms with E-state index in [1.54, 1.807) is 0 Å². The Morgan fingerprint density at radius 3 is 2.35 bits per heavy atom. The molecule has 17 heavy (non-hydrogen) atoms. The second kappa shape index (κ2) is 4.14. The molecule has 0 aromatic heterocycles. The second-order valence-corrected chi connectivity index (χ2v) is 6.69. The van der Waals surface area contributed by atoms with Gasteiger partial charge < -0.3 is 5.11 Å². The van der Waals surface area contributed by atoms with Crippen LogP contribution in [0.3, 0.4) is 0 Å². The van der Waals surface area contributed by atoms with Gasteiger partial charge in [0.2, 0.25) is 0 Å². The summed E-state index contributed by atoms with van der Waals surface area (Å²) in [6.07, 6.45) is 0. The number of aliphatic carboxylic acids is 1. The van der Waals surface area contributed by atoms with Crippen LogP contribution in [0.1, 0.15) is 17.0 Å². The summed E-state index contributed by atoms with van der Waals surface area (Å²) in [5.41, 5.74) is 1.87. The topological polar surface area (TPSA) is 71.4 Å². The fraction of sp³-hybridized carbons (Fsp3) is 0.417. The fourth-order valence-corrected chi connectivity index (χ4v) is 4.26. The molecule has 0 amide bonds. The van der Waals surface area contributed by atoms with Crippen LogP contribution >= 0.6 is 0 Å². The van der Waals surface area contributed by atoms with Crippen LogP contribution in [0.5, 0.6) is 0 Å². The van der Waals surface area contributed by atoms with Crippen LogP contribution < -0.4 is 0 Å². The van der Waals surface area contributed by atoms with Crippen molar-refractivity contribution in [3.8, 4) is 0 Å². The summed E-state index contributed by atoms with van der Waals surface area (Å²) in [5.74, 6) is -2.58. The van der Waals surface area contributed by atoms with Crippen molar-refractivity contribution in [2.45, 2.75) is 12.8 Å². The maximum Gasteiger partial charge on any atom is 0.308 e. The van der Waals surface area contributed by atoms with E-state index in [1.165, 1.54) is 0 Å². The lowest BCUT2D eigenvalue weighted by molar-refractivity contribution is -0.141. The highest BCUT2D eigenvalue weighted by atomic mass is 32.2. The number of carbonyl (C=O) groups is 1. The molecule has 1 aliphatic rings. The summed E-state index contributed by atoms with van der Waals surface area (Å²) in [5, 5.41) is 9.07. The molecule has 2 atom stereocenters. The summed E-state index contributed by atoms with van der Waals surface area (Å²) in [7, 11) is -3.23. The maximum absolute atomic E-state index is 11.5. The van der Waals surface area contributed by atoms with Gasteiger partial charge in [0.05, 0.1) is 17.4 Å². The van der Waals surface area contributed by atoms with Gasteiger partial charge in [-0.2, -0.15) is 0 Å². The molecule has 1 heterocycles. The van der Waals surface area contributed by atoms with Gasteiger partial charge in [0.25, 0.3) is 0 Å². The van der Waals surface area contributed by atoms with Gasteiger partial charge in [-0.15, -0.1) is 0 Å². The number of hydrogen-bond donors (Lipinski definition) is 1. The summed E-state index contributed by atoms with van der Waals surface area (Å²) in [6, 6.07) is 7.38. The van der Waals surface area contributed by atoms with Crippen molar-refractivity contribution in [3.63, 3.8) is 0 Å². The van der Waals surface area contributed by atoms with Crippen molar-refractivity contribution in [1.82, 2.24) is 0 Å². The average molecular weight is 254 g/mol. The predicted molar refractivity (Wildman–Crippen MR) is 63.7 cm³/mol. The monoisotopic (exact) mass is 254 g/mol. The van der Waals surface area contributed by atoms with Crippen LogP contribution in [0.4, 0.5) is 0 Å². The molecule has 0 aliphatic carbocycles. The van der Waals surface area contributed by atoms with E-state index in [1.807, 2.05) is 31.2 Å². The summed E-state index contributed by atoms with van der Waals surface area (Å²) in [4.78, 5) is 11.1. The lowest BCUT2D eigenvalue weighted by Crippen LogP contribution is -2.20. The standard InChI is InChI=1S/C12H14O4S/c1-8-2-4-9(5-3-8)10-6-17(15,16)7-11(10)12(13)14/h2-5,10-11H,6-7H2,1H3,(H,13,14). The quantitative estimate of drug-likeness (QED) is 0.861. The van der Waals surface area contributed by atoms with E-state index in [4.69, 9.17) is 5.11 Å². The van der Waals surface area contributed by atoms with E-state index < -0.39 is 27.6 Å². The molecule has 0 spiro atoms. The lowest BCUT2D eigenvalue weighted by Gasteiger charge is -2.14. The zero-order valence-electron chi connectivity index (χ0n) is 9.46. The van der Waals surface area contributed by atoms with Crippen LogP contribution in [-0.4, -0.2) is 31.0 Å². The number of carboxylic acids is 1. The van der Waals surface area contributed by atoms with E-state index >= 15 is 0 Å². The molecular formula is C12H14O4S. The number of benzene rings is 1. The largest absolute Gasteiger partial charge is 0.481 e. The van der Waals surface area contributed by atoms with Crippen LogP contribution in [0.25, 0.3) is 0 Å². The molecule has 0 saturated carbocycles. The van der Waals surface area contributed by atoms with Crippen molar-refractivity contribution < 1.29 is 18.3 Å². The number of hydrogen-bond acceptors (Lipinski definition) is 3. The second-order valence-electron chi connectivity index (χ2n) is 4.54. The summed E-state index contributed by atoms with van der Waals surface area (Å²) in [6.45, 7) is 1.93. The fourth-order valence-electron chi connectivity index (χ4n) is 2.23. The van der Waals surface area contributed by atoms with Crippen LogP contribution in [0, 0.1) is 12.8 Å². The number of carboxylic acid groups (broad SMARTS) is 1. The van der Waals surface area contributed by atoms with Crippen molar-refractivity contribution in [3.05, 3.63) is 35.4 Å². The number of sulfone groups is 1. The third-order valence-electron chi connectivity index (χ3n) is 3.18. The highest BCUT2D eigenvalue weighted by Crippen LogP contribution is 2.34. The van der Waals surface area contributed by atoms with Crippen LogP contribution in [0.15, 0.2) is 24.3 Å². The van der Waals surface area contributed by atoms with Crippen molar-refractivity contribution in [2.24, 2.45) is 5.92 Å². The van der Waals surface area contributed by atoms with E-state index in [2.05, 4.69) is 0 Å². The first kappa shape index (κ1) is 12.1. The predicted octanol–water partition coefficient (Wildman–Crippen LogP) is 1.21. The van der Waals surface area contributed by atoms with Crippen LogP contribution in [-0.2, 0) is 14.6 Å². The molecule has 2 unspecified atom stereocenters. The minimum atomic E-state index is -3.23. The Kier molecular flexibility index (Phi) is 2.95. The summed E-state index contributed by atoms with van der Waals surface area (Å²) >= 11 is 0. The Bertz CT molecular complexity index is 530.